The number of sulfone groups is 1. The summed E-state index contributed by atoms with van der Waals surface area (Å²) in [5.74, 6) is 0.762. The third-order valence-corrected chi connectivity index (χ3v) is 5.92. The molecule has 0 aromatic heterocycles. The lowest BCUT2D eigenvalue weighted by atomic mass is 9.86. The quantitative estimate of drug-likeness (QED) is 0.295. The summed E-state index contributed by atoms with van der Waals surface area (Å²) < 4.78 is 23.6. The standard InChI is InChI=1S/C23H33N3O2S.HI/c1-6-24-22(26-17-23(3,4)15-19-10-8-7-9-11-19)25-16-20-12-13-21(18(2)14-20)29(5,27)28;/h7-14H,6,15-17H2,1-5H3,(H2,24,25,26);1H. The van der Waals surface area contributed by atoms with Gasteiger partial charge in [-0.25, -0.2) is 13.4 Å². The fourth-order valence-corrected chi connectivity index (χ4v) is 4.23. The average molecular weight is 544 g/mol. The molecule has 0 saturated heterocycles. The van der Waals surface area contributed by atoms with E-state index in [-0.39, 0.29) is 29.4 Å². The number of nitrogens with one attached hydrogen (secondary N) is 2. The number of rotatable bonds is 8. The van der Waals surface area contributed by atoms with Gasteiger partial charge in [-0.05, 0) is 48.4 Å². The van der Waals surface area contributed by atoms with Crippen LogP contribution in [-0.4, -0.2) is 33.7 Å². The van der Waals surface area contributed by atoms with E-state index in [1.807, 2.05) is 32.0 Å². The van der Waals surface area contributed by atoms with Crippen molar-refractivity contribution in [2.75, 3.05) is 19.3 Å². The number of aryl methyl sites for hydroxylation is 1. The van der Waals surface area contributed by atoms with Gasteiger partial charge in [-0.15, -0.1) is 24.0 Å². The minimum absolute atomic E-state index is 0. The van der Waals surface area contributed by atoms with Gasteiger partial charge < -0.3 is 10.6 Å². The highest BCUT2D eigenvalue weighted by Crippen LogP contribution is 2.21. The van der Waals surface area contributed by atoms with Crippen molar-refractivity contribution in [3.05, 3.63) is 65.2 Å². The predicted octanol–water partition coefficient (Wildman–Crippen LogP) is 4.34. The van der Waals surface area contributed by atoms with Crippen LogP contribution in [0.4, 0.5) is 0 Å². The maximum atomic E-state index is 11.8. The lowest BCUT2D eigenvalue weighted by Gasteiger charge is -2.26. The van der Waals surface area contributed by atoms with Crippen molar-refractivity contribution < 1.29 is 8.42 Å². The Bertz CT molecular complexity index is 942. The van der Waals surface area contributed by atoms with Crippen LogP contribution in [0.3, 0.4) is 0 Å². The fraction of sp³-hybridized carbons (Fsp3) is 0.435. The van der Waals surface area contributed by atoms with Gasteiger partial charge in [0.15, 0.2) is 15.8 Å². The first kappa shape index (κ1) is 26.4. The topological polar surface area (TPSA) is 70.6 Å². The summed E-state index contributed by atoms with van der Waals surface area (Å²) in [6.45, 7) is 10.4. The van der Waals surface area contributed by atoms with E-state index in [0.717, 1.165) is 36.6 Å². The minimum Gasteiger partial charge on any atom is -0.357 e. The Kier molecular flexibility index (Phi) is 10.3. The van der Waals surface area contributed by atoms with Crippen molar-refractivity contribution >= 4 is 39.8 Å². The second-order valence-corrected chi connectivity index (χ2v) is 10.2. The molecule has 0 radical (unpaired) electrons. The monoisotopic (exact) mass is 543 g/mol. The number of hydrogen-bond donors (Lipinski definition) is 2. The highest BCUT2D eigenvalue weighted by molar-refractivity contribution is 14.0. The summed E-state index contributed by atoms with van der Waals surface area (Å²) in [7, 11) is -3.20. The Labute approximate surface area is 198 Å². The van der Waals surface area contributed by atoms with Crippen LogP contribution in [0.15, 0.2) is 58.4 Å². The molecule has 0 aliphatic rings. The minimum atomic E-state index is -3.20. The molecule has 166 valence electrons. The molecule has 2 rings (SSSR count). The molecule has 0 spiro atoms. The van der Waals surface area contributed by atoms with Gasteiger partial charge in [0.2, 0.25) is 0 Å². The molecule has 2 aromatic rings. The first-order chi connectivity index (χ1) is 13.6. The Morgan fingerprint density at radius 3 is 2.27 bits per heavy atom. The molecule has 0 bridgehead atoms. The third kappa shape index (κ3) is 8.63. The van der Waals surface area contributed by atoms with Crippen molar-refractivity contribution in [1.82, 2.24) is 10.6 Å². The van der Waals surface area contributed by atoms with E-state index in [2.05, 4.69) is 53.7 Å². The summed E-state index contributed by atoms with van der Waals surface area (Å²) in [6, 6.07) is 15.9. The molecule has 5 nitrogen and oxygen atoms in total. The van der Waals surface area contributed by atoms with E-state index < -0.39 is 9.84 Å². The van der Waals surface area contributed by atoms with Crippen molar-refractivity contribution in [3.8, 4) is 0 Å². The molecule has 7 heteroatoms. The van der Waals surface area contributed by atoms with Gasteiger partial charge in [0, 0.05) is 19.3 Å². The van der Waals surface area contributed by atoms with Crippen molar-refractivity contribution in [3.63, 3.8) is 0 Å². The SMILES string of the molecule is CCNC(=NCc1ccc(S(C)(=O)=O)c(C)c1)NCC(C)(C)Cc1ccccc1.I. The van der Waals surface area contributed by atoms with E-state index in [1.54, 1.807) is 6.07 Å². The van der Waals surface area contributed by atoms with Crippen LogP contribution in [0.1, 0.15) is 37.5 Å². The molecule has 2 N–H and O–H groups in total. The van der Waals surface area contributed by atoms with Crippen LogP contribution >= 0.6 is 24.0 Å². The second-order valence-electron chi connectivity index (χ2n) is 8.25. The van der Waals surface area contributed by atoms with Crippen LogP contribution < -0.4 is 10.6 Å². The number of guanidine groups is 1. The third-order valence-electron chi connectivity index (χ3n) is 4.66. The van der Waals surface area contributed by atoms with Crippen LogP contribution in [0, 0.1) is 12.3 Å². The smallest absolute Gasteiger partial charge is 0.191 e. The molecule has 0 heterocycles. The molecular formula is C23H34IN3O2S. The van der Waals surface area contributed by atoms with Crippen LogP contribution in [0.2, 0.25) is 0 Å². The molecule has 0 aliphatic carbocycles. The van der Waals surface area contributed by atoms with Crippen LogP contribution in [-0.2, 0) is 22.8 Å². The Morgan fingerprint density at radius 2 is 1.70 bits per heavy atom. The molecule has 0 saturated carbocycles. The maximum Gasteiger partial charge on any atom is 0.191 e. The summed E-state index contributed by atoms with van der Waals surface area (Å²) in [5.41, 5.74) is 3.13. The molecular weight excluding hydrogens is 509 g/mol. The van der Waals surface area contributed by atoms with Gasteiger partial charge in [-0.3, -0.25) is 0 Å². The van der Waals surface area contributed by atoms with E-state index in [9.17, 15) is 8.42 Å². The Balaban J connectivity index is 0.00000450. The average Bonchev–Trinajstić information content (AvgIpc) is 2.63. The number of nitrogens with zero attached hydrogens (tertiary/aromatic N) is 1. The molecule has 0 amide bonds. The number of aliphatic imine (C=N–C) groups is 1. The molecule has 2 aromatic carbocycles. The zero-order valence-corrected chi connectivity index (χ0v) is 21.7. The second kappa shape index (κ2) is 11.7. The summed E-state index contributed by atoms with van der Waals surface area (Å²) in [5, 5.41) is 6.73. The Hall–Kier alpha value is -1.61. The maximum absolute atomic E-state index is 11.8. The molecule has 0 aliphatic heterocycles. The first-order valence-corrected chi connectivity index (χ1v) is 11.9. The van der Waals surface area contributed by atoms with Crippen LogP contribution in [0.5, 0.6) is 0 Å². The molecule has 0 unspecified atom stereocenters. The highest BCUT2D eigenvalue weighted by Gasteiger charge is 2.19. The van der Waals surface area contributed by atoms with Crippen molar-refractivity contribution in [1.29, 1.82) is 0 Å². The zero-order chi connectivity index (χ0) is 21.5. The van der Waals surface area contributed by atoms with Gasteiger partial charge in [0.1, 0.15) is 0 Å². The lowest BCUT2D eigenvalue weighted by Crippen LogP contribution is -2.42. The van der Waals surface area contributed by atoms with Gasteiger partial charge in [0.25, 0.3) is 0 Å². The fourth-order valence-electron chi connectivity index (χ4n) is 3.27. The van der Waals surface area contributed by atoms with E-state index >= 15 is 0 Å². The van der Waals surface area contributed by atoms with Gasteiger partial charge >= 0.3 is 0 Å². The highest BCUT2D eigenvalue weighted by atomic mass is 127. The Morgan fingerprint density at radius 1 is 1.03 bits per heavy atom. The number of hydrogen-bond acceptors (Lipinski definition) is 3. The summed E-state index contributed by atoms with van der Waals surface area (Å²) >= 11 is 0. The summed E-state index contributed by atoms with van der Waals surface area (Å²) in [4.78, 5) is 5.04. The van der Waals surface area contributed by atoms with Crippen molar-refractivity contribution in [2.45, 2.75) is 45.6 Å². The van der Waals surface area contributed by atoms with E-state index in [0.29, 0.717) is 11.4 Å². The number of halogens is 1. The van der Waals surface area contributed by atoms with Gasteiger partial charge in [-0.1, -0.05) is 56.3 Å². The van der Waals surface area contributed by atoms with Gasteiger partial charge in [0.05, 0.1) is 11.4 Å². The number of benzene rings is 2. The largest absolute Gasteiger partial charge is 0.357 e. The van der Waals surface area contributed by atoms with Gasteiger partial charge in [-0.2, -0.15) is 0 Å². The molecule has 0 atom stereocenters. The summed E-state index contributed by atoms with van der Waals surface area (Å²) in [6.07, 6.45) is 2.21. The van der Waals surface area contributed by atoms with E-state index in [1.165, 1.54) is 11.8 Å². The van der Waals surface area contributed by atoms with Crippen molar-refractivity contribution in [2.24, 2.45) is 10.4 Å². The van der Waals surface area contributed by atoms with E-state index in [4.69, 9.17) is 0 Å². The zero-order valence-electron chi connectivity index (χ0n) is 18.5. The molecule has 30 heavy (non-hydrogen) atoms. The predicted molar refractivity (Wildman–Crippen MR) is 136 cm³/mol. The first-order valence-electron chi connectivity index (χ1n) is 9.96. The lowest BCUT2D eigenvalue weighted by molar-refractivity contribution is 0.359. The molecule has 0 fully saturated rings. The normalized spacial score (nSPS) is 12.2. The van der Waals surface area contributed by atoms with Crippen LogP contribution in [0.25, 0.3) is 0 Å².